The van der Waals surface area contributed by atoms with E-state index in [-0.39, 0.29) is 13.0 Å². The van der Waals surface area contributed by atoms with Gasteiger partial charge in [-0.25, -0.2) is 10.7 Å². The van der Waals surface area contributed by atoms with E-state index in [1.54, 1.807) is 0 Å². The van der Waals surface area contributed by atoms with Gasteiger partial charge in [0.15, 0.2) is 6.79 Å². The van der Waals surface area contributed by atoms with Gasteiger partial charge in [-0.15, -0.1) is 0 Å². The van der Waals surface area contributed by atoms with Crippen molar-refractivity contribution in [2.24, 2.45) is 5.84 Å². The lowest BCUT2D eigenvalue weighted by Crippen LogP contribution is -2.53. The molecule has 1 atom stereocenters. The van der Waals surface area contributed by atoms with Crippen LogP contribution < -0.4 is 11.3 Å². The van der Waals surface area contributed by atoms with E-state index < -0.39 is 0 Å². The Balaban J connectivity index is 2.23. The first kappa shape index (κ1) is 5.93. The maximum absolute atomic E-state index is 5.15. The number of nitrogens with zero attached hydrogens (tertiary/aromatic N) is 1. The fourth-order valence-corrected chi connectivity index (χ4v) is 0.443. The number of nitrogens with two attached hydrogens (primary N) is 1. The molecule has 8 heavy (non-hydrogen) atoms. The molecule has 5 heteroatoms. The van der Waals surface area contributed by atoms with Gasteiger partial charge in [-0.2, -0.15) is 5.43 Å². The minimum Gasteiger partial charge on any atom is -0.334 e. The van der Waals surface area contributed by atoms with Crippen LogP contribution in [-0.2, 0) is 9.57 Å². The quantitative estimate of drug-likeness (QED) is 0.398. The van der Waals surface area contributed by atoms with E-state index in [2.05, 4.69) is 10.3 Å². The molecule has 1 unspecified atom stereocenters. The van der Waals surface area contributed by atoms with Crippen molar-refractivity contribution in [2.45, 2.75) is 13.2 Å². The molecule has 0 aromatic heterocycles. The standard InChI is InChI=1S/C3H9N3O2/c1-3-5-6(4)8-2-7-3/h3,5H,2,4H2,1H3. The second-order valence-electron chi connectivity index (χ2n) is 1.51. The second-order valence-corrected chi connectivity index (χ2v) is 1.51. The maximum atomic E-state index is 5.15. The van der Waals surface area contributed by atoms with E-state index in [1.807, 2.05) is 6.92 Å². The molecule has 3 N–H and O–H groups in total. The van der Waals surface area contributed by atoms with Gasteiger partial charge in [-0.3, -0.25) is 0 Å². The Morgan fingerprint density at radius 2 is 2.62 bits per heavy atom. The third-order valence-electron chi connectivity index (χ3n) is 0.819. The van der Waals surface area contributed by atoms with E-state index >= 15 is 0 Å². The first-order valence-electron chi connectivity index (χ1n) is 2.34. The van der Waals surface area contributed by atoms with Gasteiger partial charge in [-0.1, -0.05) is 0 Å². The summed E-state index contributed by atoms with van der Waals surface area (Å²) in [5.41, 5.74) is 2.65. The van der Waals surface area contributed by atoms with Gasteiger partial charge in [0.2, 0.25) is 0 Å². The van der Waals surface area contributed by atoms with Crippen molar-refractivity contribution < 1.29 is 9.57 Å². The largest absolute Gasteiger partial charge is 0.334 e. The molecule has 48 valence electrons. The normalized spacial score (nSPS) is 33.0. The monoisotopic (exact) mass is 119 g/mol. The zero-order chi connectivity index (χ0) is 5.98. The molecule has 5 nitrogen and oxygen atoms in total. The van der Waals surface area contributed by atoms with Gasteiger partial charge in [0.05, 0.1) is 0 Å². The summed E-state index contributed by atoms with van der Waals surface area (Å²) < 4.78 is 4.89. The van der Waals surface area contributed by atoms with Crippen LogP contribution in [0.25, 0.3) is 0 Å². The zero-order valence-corrected chi connectivity index (χ0v) is 4.63. The second kappa shape index (κ2) is 2.38. The number of hydrazine groups is 2. The lowest BCUT2D eigenvalue weighted by atomic mass is 10.7. The van der Waals surface area contributed by atoms with E-state index in [4.69, 9.17) is 10.6 Å². The first-order valence-corrected chi connectivity index (χ1v) is 2.34. The van der Waals surface area contributed by atoms with Crippen LogP contribution in [0.1, 0.15) is 6.92 Å². The van der Waals surface area contributed by atoms with Gasteiger partial charge in [-0.05, 0) is 12.2 Å². The highest BCUT2D eigenvalue weighted by Gasteiger charge is 2.11. The van der Waals surface area contributed by atoms with Crippen molar-refractivity contribution >= 4 is 0 Å². The summed E-state index contributed by atoms with van der Waals surface area (Å²) in [6, 6.07) is 0. The van der Waals surface area contributed by atoms with Crippen LogP contribution >= 0.6 is 0 Å². The maximum Gasteiger partial charge on any atom is 0.172 e. The number of hydrogen-bond donors (Lipinski definition) is 2. The Morgan fingerprint density at radius 1 is 1.88 bits per heavy atom. The molecule has 0 bridgehead atoms. The molecule has 1 heterocycles. The third kappa shape index (κ3) is 1.39. The van der Waals surface area contributed by atoms with E-state index in [1.165, 1.54) is 0 Å². The SMILES string of the molecule is CC1NN(N)OCO1. The van der Waals surface area contributed by atoms with Gasteiger partial charge in [0.25, 0.3) is 0 Å². The van der Waals surface area contributed by atoms with Gasteiger partial charge < -0.3 is 4.74 Å². The molecule has 1 aliphatic heterocycles. The summed E-state index contributed by atoms with van der Waals surface area (Å²) in [5, 5.41) is 1.04. The topological polar surface area (TPSA) is 59.8 Å². The molecule has 0 aromatic carbocycles. The Hall–Kier alpha value is -0.200. The van der Waals surface area contributed by atoms with Crippen molar-refractivity contribution in [3.8, 4) is 0 Å². The number of ether oxygens (including phenoxy) is 1. The van der Waals surface area contributed by atoms with Gasteiger partial charge >= 0.3 is 0 Å². The van der Waals surface area contributed by atoms with E-state index in [0.29, 0.717) is 0 Å². The predicted molar refractivity (Wildman–Crippen MR) is 25.7 cm³/mol. The zero-order valence-electron chi connectivity index (χ0n) is 4.63. The van der Waals surface area contributed by atoms with Crippen molar-refractivity contribution in [3.63, 3.8) is 0 Å². The highest BCUT2D eigenvalue weighted by molar-refractivity contribution is 4.37. The van der Waals surface area contributed by atoms with Crippen molar-refractivity contribution in [1.29, 1.82) is 0 Å². The average molecular weight is 119 g/mol. The average Bonchev–Trinajstić information content (AvgIpc) is 1.64. The number of nitrogens with one attached hydrogen (secondary N) is 1. The molecular weight excluding hydrogens is 110 g/mol. The van der Waals surface area contributed by atoms with Gasteiger partial charge in [0, 0.05) is 0 Å². The lowest BCUT2D eigenvalue weighted by molar-refractivity contribution is -0.328. The molecule has 1 rings (SSSR count). The molecule has 0 aliphatic carbocycles. The van der Waals surface area contributed by atoms with Crippen molar-refractivity contribution in [1.82, 2.24) is 10.7 Å². The van der Waals surface area contributed by atoms with Crippen LogP contribution in [0.2, 0.25) is 0 Å². The molecule has 0 radical (unpaired) electrons. The van der Waals surface area contributed by atoms with Crippen molar-refractivity contribution in [2.75, 3.05) is 6.79 Å². The Labute approximate surface area is 47.2 Å². The molecule has 0 spiro atoms. The lowest BCUT2D eigenvalue weighted by Gasteiger charge is -2.26. The van der Waals surface area contributed by atoms with Crippen LogP contribution in [0.3, 0.4) is 0 Å². The van der Waals surface area contributed by atoms with Crippen LogP contribution in [0.4, 0.5) is 0 Å². The highest BCUT2D eigenvalue weighted by Crippen LogP contribution is 1.93. The van der Waals surface area contributed by atoms with Crippen LogP contribution in [0, 0.1) is 0 Å². The Bertz CT molecular complexity index is 70.9. The summed E-state index contributed by atoms with van der Waals surface area (Å²) in [5.74, 6) is 5.15. The molecule has 0 aromatic rings. The van der Waals surface area contributed by atoms with E-state index in [0.717, 1.165) is 5.28 Å². The molecule has 1 aliphatic rings. The predicted octanol–water partition coefficient (Wildman–Crippen LogP) is -1.07. The number of hydrogen-bond acceptors (Lipinski definition) is 5. The molecule has 1 fully saturated rings. The summed E-state index contributed by atoms with van der Waals surface area (Å²) in [4.78, 5) is 4.63. The van der Waals surface area contributed by atoms with E-state index in [9.17, 15) is 0 Å². The first-order chi connectivity index (χ1) is 3.79. The third-order valence-corrected chi connectivity index (χ3v) is 0.819. The van der Waals surface area contributed by atoms with Crippen LogP contribution in [0.5, 0.6) is 0 Å². The van der Waals surface area contributed by atoms with Crippen LogP contribution in [-0.4, -0.2) is 18.3 Å². The minimum atomic E-state index is -0.0613. The fraction of sp³-hybridized carbons (Fsp3) is 1.00. The fourth-order valence-electron chi connectivity index (χ4n) is 0.443. The Morgan fingerprint density at radius 3 is 3.00 bits per heavy atom. The summed E-state index contributed by atoms with van der Waals surface area (Å²) in [7, 11) is 0. The van der Waals surface area contributed by atoms with Gasteiger partial charge in [0.1, 0.15) is 6.23 Å². The molecular formula is C3H9N3O2. The smallest absolute Gasteiger partial charge is 0.172 e. The summed E-state index contributed by atoms with van der Waals surface area (Å²) in [6.45, 7) is 2.05. The number of rotatable bonds is 0. The molecule has 0 amide bonds. The summed E-state index contributed by atoms with van der Waals surface area (Å²) >= 11 is 0. The highest BCUT2D eigenvalue weighted by atomic mass is 16.8. The molecule has 0 saturated carbocycles. The van der Waals surface area contributed by atoms with Crippen LogP contribution in [0.15, 0.2) is 0 Å². The summed E-state index contributed by atoms with van der Waals surface area (Å²) in [6.07, 6.45) is -0.0613. The minimum absolute atomic E-state index is 0.0613. The molecule has 1 saturated heterocycles. The van der Waals surface area contributed by atoms with Crippen molar-refractivity contribution in [3.05, 3.63) is 0 Å². The Kier molecular flexibility index (Phi) is 1.77.